The van der Waals surface area contributed by atoms with Crippen molar-refractivity contribution in [2.75, 3.05) is 25.6 Å². The molecule has 0 unspecified atom stereocenters. The van der Waals surface area contributed by atoms with Crippen molar-refractivity contribution in [3.63, 3.8) is 0 Å². The minimum absolute atomic E-state index is 0.656. The lowest BCUT2D eigenvalue weighted by atomic mass is 10.1. The highest BCUT2D eigenvalue weighted by molar-refractivity contribution is 6.30. The number of pyridine rings is 1. The van der Waals surface area contributed by atoms with Crippen LogP contribution in [0.3, 0.4) is 0 Å². The third-order valence-corrected chi connectivity index (χ3v) is 3.16. The van der Waals surface area contributed by atoms with Gasteiger partial charge in [0.25, 0.3) is 0 Å². The Kier molecular flexibility index (Phi) is 7.10. The van der Waals surface area contributed by atoms with Crippen LogP contribution in [-0.4, -0.2) is 35.4 Å². The number of rotatable bonds is 5. The Morgan fingerprint density at radius 3 is 2.43 bits per heavy atom. The van der Waals surface area contributed by atoms with Crippen LogP contribution < -0.4 is 5.32 Å². The molecule has 0 spiro atoms. The van der Waals surface area contributed by atoms with Crippen molar-refractivity contribution in [2.45, 2.75) is 0 Å². The molecule has 23 heavy (non-hydrogen) atoms. The SMILES string of the molecule is COCCNc1cc(-c2ccc(Cl)cc2)[nH]n1.c1ccncc1. The molecule has 3 rings (SSSR count). The fourth-order valence-electron chi connectivity index (χ4n) is 1.78. The van der Waals surface area contributed by atoms with Gasteiger partial charge >= 0.3 is 0 Å². The number of nitrogens with one attached hydrogen (secondary N) is 2. The Morgan fingerprint density at radius 1 is 1.13 bits per heavy atom. The van der Waals surface area contributed by atoms with Gasteiger partial charge in [0, 0.05) is 37.1 Å². The number of hydrogen-bond donors (Lipinski definition) is 2. The molecule has 6 heteroatoms. The molecule has 0 saturated heterocycles. The number of halogens is 1. The minimum Gasteiger partial charge on any atom is -0.383 e. The number of hydrogen-bond acceptors (Lipinski definition) is 4. The van der Waals surface area contributed by atoms with E-state index in [1.807, 2.05) is 48.5 Å². The molecule has 0 atom stereocenters. The average molecular weight is 331 g/mol. The van der Waals surface area contributed by atoms with Gasteiger partial charge in [-0.3, -0.25) is 10.1 Å². The molecule has 0 aliphatic heterocycles. The summed E-state index contributed by atoms with van der Waals surface area (Å²) in [5.74, 6) is 0.812. The first kappa shape index (κ1) is 17.0. The Hall–Kier alpha value is -2.37. The predicted molar refractivity (Wildman–Crippen MR) is 93.6 cm³/mol. The van der Waals surface area contributed by atoms with Gasteiger partial charge in [-0.1, -0.05) is 29.8 Å². The van der Waals surface area contributed by atoms with Crippen LogP contribution in [0.15, 0.2) is 60.9 Å². The van der Waals surface area contributed by atoms with Crippen LogP contribution in [0.5, 0.6) is 0 Å². The lowest BCUT2D eigenvalue weighted by molar-refractivity contribution is 0.210. The number of benzene rings is 1. The zero-order chi connectivity index (χ0) is 16.3. The molecule has 0 radical (unpaired) electrons. The average Bonchev–Trinajstić information content (AvgIpc) is 3.07. The van der Waals surface area contributed by atoms with E-state index in [4.69, 9.17) is 16.3 Å². The van der Waals surface area contributed by atoms with Crippen LogP contribution in [0, 0.1) is 0 Å². The van der Waals surface area contributed by atoms with Crippen LogP contribution in [0.4, 0.5) is 5.82 Å². The lowest BCUT2D eigenvalue weighted by Gasteiger charge is -1.99. The molecule has 0 saturated carbocycles. The normalized spacial score (nSPS) is 9.83. The van der Waals surface area contributed by atoms with Crippen molar-refractivity contribution in [3.05, 3.63) is 65.9 Å². The summed E-state index contributed by atoms with van der Waals surface area (Å²) < 4.78 is 4.95. The zero-order valence-electron chi connectivity index (χ0n) is 12.9. The van der Waals surface area contributed by atoms with Crippen LogP contribution in [-0.2, 0) is 4.74 Å². The van der Waals surface area contributed by atoms with Gasteiger partial charge in [-0.2, -0.15) is 5.10 Å². The first-order chi connectivity index (χ1) is 11.3. The van der Waals surface area contributed by atoms with E-state index < -0.39 is 0 Å². The largest absolute Gasteiger partial charge is 0.383 e. The molecule has 1 aromatic carbocycles. The van der Waals surface area contributed by atoms with Crippen molar-refractivity contribution in [1.82, 2.24) is 15.2 Å². The number of nitrogens with zero attached hydrogens (tertiary/aromatic N) is 2. The van der Waals surface area contributed by atoms with E-state index >= 15 is 0 Å². The summed E-state index contributed by atoms with van der Waals surface area (Å²) in [4.78, 5) is 3.78. The predicted octanol–water partition coefficient (Wildman–Crippen LogP) is 3.87. The van der Waals surface area contributed by atoms with Crippen LogP contribution in [0.25, 0.3) is 11.3 Å². The molecule has 2 aromatic heterocycles. The lowest BCUT2D eigenvalue weighted by Crippen LogP contribution is -2.07. The van der Waals surface area contributed by atoms with E-state index in [2.05, 4.69) is 20.5 Å². The second-order valence-electron chi connectivity index (χ2n) is 4.62. The number of H-pyrrole nitrogens is 1. The maximum absolute atomic E-state index is 5.84. The number of anilines is 1. The fraction of sp³-hybridized carbons (Fsp3) is 0.176. The van der Waals surface area contributed by atoms with Crippen molar-refractivity contribution in [2.24, 2.45) is 0 Å². The monoisotopic (exact) mass is 330 g/mol. The first-order valence-electron chi connectivity index (χ1n) is 7.19. The van der Waals surface area contributed by atoms with Crippen LogP contribution >= 0.6 is 11.6 Å². The van der Waals surface area contributed by atoms with E-state index in [0.717, 1.165) is 28.6 Å². The second kappa shape index (κ2) is 9.61. The van der Waals surface area contributed by atoms with Gasteiger partial charge in [0.2, 0.25) is 0 Å². The molecule has 0 amide bonds. The Bertz CT molecular complexity index is 644. The molecule has 5 nitrogen and oxygen atoms in total. The quantitative estimate of drug-likeness (QED) is 0.697. The Balaban J connectivity index is 0.000000268. The highest BCUT2D eigenvalue weighted by Crippen LogP contribution is 2.21. The molecule has 0 fully saturated rings. The number of ether oxygens (including phenoxy) is 1. The number of aromatic amines is 1. The maximum Gasteiger partial charge on any atom is 0.148 e. The molecule has 2 heterocycles. The standard InChI is InChI=1S/C12H14ClN3O.C5H5N/c1-17-7-6-14-12-8-11(15-16-12)9-2-4-10(13)5-3-9;1-2-4-6-5-3-1/h2-5,8H,6-7H2,1H3,(H2,14,15,16);1-5H. The highest BCUT2D eigenvalue weighted by Gasteiger charge is 2.02. The first-order valence-corrected chi connectivity index (χ1v) is 7.56. The van der Waals surface area contributed by atoms with Gasteiger partial charge < -0.3 is 10.1 Å². The van der Waals surface area contributed by atoms with Gasteiger partial charge in [0.15, 0.2) is 0 Å². The van der Waals surface area contributed by atoms with Crippen molar-refractivity contribution in [3.8, 4) is 11.3 Å². The summed E-state index contributed by atoms with van der Waals surface area (Å²) in [5, 5.41) is 11.0. The summed E-state index contributed by atoms with van der Waals surface area (Å²) in [6, 6.07) is 15.3. The van der Waals surface area contributed by atoms with E-state index in [9.17, 15) is 0 Å². The zero-order valence-corrected chi connectivity index (χ0v) is 13.6. The molecule has 3 aromatic rings. The molecule has 0 aliphatic carbocycles. The fourth-order valence-corrected chi connectivity index (χ4v) is 1.91. The maximum atomic E-state index is 5.84. The van der Waals surface area contributed by atoms with E-state index in [-0.39, 0.29) is 0 Å². The molecule has 0 aliphatic rings. The third kappa shape index (κ3) is 6.10. The number of aromatic nitrogens is 3. The molecule has 2 N–H and O–H groups in total. The summed E-state index contributed by atoms with van der Waals surface area (Å²) in [6.07, 6.45) is 3.50. The smallest absolute Gasteiger partial charge is 0.148 e. The minimum atomic E-state index is 0.656. The van der Waals surface area contributed by atoms with E-state index in [1.54, 1.807) is 19.5 Å². The Labute approximate surface area is 140 Å². The van der Waals surface area contributed by atoms with Gasteiger partial charge in [-0.05, 0) is 29.8 Å². The van der Waals surface area contributed by atoms with Gasteiger partial charge in [0.1, 0.15) is 5.82 Å². The molecule has 120 valence electrons. The Morgan fingerprint density at radius 2 is 1.87 bits per heavy atom. The molecule has 0 bridgehead atoms. The van der Waals surface area contributed by atoms with Crippen molar-refractivity contribution >= 4 is 17.4 Å². The van der Waals surface area contributed by atoms with E-state index in [1.165, 1.54) is 0 Å². The summed E-state index contributed by atoms with van der Waals surface area (Å²) in [6.45, 7) is 1.39. The summed E-state index contributed by atoms with van der Waals surface area (Å²) in [5.41, 5.74) is 2.02. The van der Waals surface area contributed by atoms with Crippen LogP contribution in [0.2, 0.25) is 5.02 Å². The highest BCUT2D eigenvalue weighted by atomic mass is 35.5. The number of methoxy groups -OCH3 is 1. The summed E-state index contributed by atoms with van der Waals surface area (Å²) >= 11 is 5.84. The van der Waals surface area contributed by atoms with Gasteiger partial charge in [-0.25, -0.2) is 0 Å². The molecular weight excluding hydrogens is 312 g/mol. The van der Waals surface area contributed by atoms with Gasteiger partial charge in [-0.15, -0.1) is 0 Å². The molecular formula is C17H19ClN4O. The third-order valence-electron chi connectivity index (χ3n) is 2.91. The summed E-state index contributed by atoms with van der Waals surface area (Å²) in [7, 11) is 1.67. The van der Waals surface area contributed by atoms with Gasteiger partial charge in [0.05, 0.1) is 12.3 Å². The second-order valence-corrected chi connectivity index (χ2v) is 5.05. The van der Waals surface area contributed by atoms with Crippen LogP contribution in [0.1, 0.15) is 0 Å². The van der Waals surface area contributed by atoms with Crippen molar-refractivity contribution in [1.29, 1.82) is 0 Å². The topological polar surface area (TPSA) is 62.8 Å². The van der Waals surface area contributed by atoms with Crippen molar-refractivity contribution < 1.29 is 4.74 Å². The van der Waals surface area contributed by atoms with E-state index in [0.29, 0.717) is 6.61 Å².